The van der Waals surface area contributed by atoms with Crippen molar-refractivity contribution < 1.29 is 0 Å². The van der Waals surface area contributed by atoms with Gasteiger partial charge in [-0.25, -0.2) is 4.98 Å². The largest absolute Gasteiger partial charge is 0.268 e. The fraction of sp³-hybridized carbons (Fsp3) is 0.200. The van der Waals surface area contributed by atoms with Crippen LogP contribution in [0, 0.1) is 27.7 Å². The first-order valence-electron chi connectivity index (χ1n) is 9.72. The number of aromatic nitrogens is 2. The summed E-state index contributed by atoms with van der Waals surface area (Å²) in [5, 5.41) is 1.36. The molecule has 3 nitrogen and oxygen atoms in total. The van der Waals surface area contributed by atoms with Crippen molar-refractivity contribution in [2.75, 3.05) is 0 Å². The molecule has 0 saturated carbocycles. The van der Waals surface area contributed by atoms with Crippen molar-refractivity contribution in [3.8, 4) is 5.69 Å². The van der Waals surface area contributed by atoms with Gasteiger partial charge in [-0.3, -0.25) is 9.36 Å². The van der Waals surface area contributed by atoms with E-state index in [1.54, 1.807) is 16.3 Å². The molecule has 4 rings (SSSR count). The molecule has 0 saturated heterocycles. The maximum absolute atomic E-state index is 13.4. The monoisotopic (exact) mass is 400 g/mol. The lowest BCUT2D eigenvalue weighted by atomic mass is 10.1. The van der Waals surface area contributed by atoms with Gasteiger partial charge in [0.25, 0.3) is 5.56 Å². The van der Waals surface area contributed by atoms with Crippen LogP contribution in [-0.4, -0.2) is 9.55 Å². The molecule has 4 aromatic rings. The molecule has 0 unspecified atom stereocenters. The van der Waals surface area contributed by atoms with Gasteiger partial charge in [-0.15, -0.1) is 0 Å². The quantitative estimate of drug-likeness (QED) is 0.315. The van der Waals surface area contributed by atoms with Crippen LogP contribution in [0.5, 0.6) is 0 Å². The van der Waals surface area contributed by atoms with E-state index in [9.17, 15) is 4.79 Å². The minimum Gasteiger partial charge on any atom is -0.268 e. The van der Waals surface area contributed by atoms with Crippen LogP contribution in [-0.2, 0) is 5.75 Å². The average Bonchev–Trinajstić information content (AvgIpc) is 2.71. The Balaban J connectivity index is 1.86. The molecule has 1 aromatic heterocycles. The van der Waals surface area contributed by atoms with Crippen LogP contribution in [0.15, 0.2) is 70.6 Å². The fourth-order valence-corrected chi connectivity index (χ4v) is 4.48. The van der Waals surface area contributed by atoms with E-state index in [-0.39, 0.29) is 5.56 Å². The lowest BCUT2D eigenvalue weighted by Gasteiger charge is -2.15. The summed E-state index contributed by atoms with van der Waals surface area (Å²) < 4.78 is 1.75. The maximum atomic E-state index is 13.4. The van der Waals surface area contributed by atoms with Crippen LogP contribution < -0.4 is 5.56 Å². The van der Waals surface area contributed by atoms with E-state index < -0.39 is 0 Å². The second kappa shape index (κ2) is 7.88. The SMILES string of the molecule is Cc1ccc(C)c(CSc2nc3ccccc3c(=O)n2-c2ccc(C)c(C)c2)c1. The zero-order chi connectivity index (χ0) is 20.5. The summed E-state index contributed by atoms with van der Waals surface area (Å²) in [6.07, 6.45) is 0. The third-order valence-corrected chi connectivity index (χ3v) is 6.34. The van der Waals surface area contributed by atoms with Gasteiger partial charge in [-0.05, 0) is 74.2 Å². The van der Waals surface area contributed by atoms with E-state index in [1.165, 1.54) is 22.3 Å². The Bertz CT molecular complexity index is 1270. The van der Waals surface area contributed by atoms with E-state index in [0.29, 0.717) is 5.39 Å². The van der Waals surface area contributed by atoms with Crippen molar-refractivity contribution in [1.82, 2.24) is 9.55 Å². The Morgan fingerprint density at radius 1 is 0.862 bits per heavy atom. The Labute approximate surface area is 175 Å². The molecule has 1 heterocycles. The summed E-state index contributed by atoms with van der Waals surface area (Å²) in [5.74, 6) is 0.767. The number of hydrogen-bond donors (Lipinski definition) is 0. The van der Waals surface area contributed by atoms with Crippen LogP contribution >= 0.6 is 11.8 Å². The van der Waals surface area contributed by atoms with E-state index in [2.05, 4.69) is 58.0 Å². The zero-order valence-electron chi connectivity index (χ0n) is 17.2. The molecule has 0 amide bonds. The maximum Gasteiger partial charge on any atom is 0.266 e. The third kappa shape index (κ3) is 3.85. The van der Waals surface area contributed by atoms with Gasteiger partial charge in [0, 0.05) is 5.75 Å². The molecule has 0 N–H and O–H groups in total. The first-order valence-corrected chi connectivity index (χ1v) is 10.7. The van der Waals surface area contributed by atoms with Crippen molar-refractivity contribution in [2.45, 2.75) is 38.6 Å². The number of nitrogens with zero attached hydrogens (tertiary/aromatic N) is 2. The smallest absolute Gasteiger partial charge is 0.266 e. The Kier molecular flexibility index (Phi) is 5.29. The molecule has 29 heavy (non-hydrogen) atoms. The van der Waals surface area contributed by atoms with Crippen LogP contribution in [0.4, 0.5) is 0 Å². The first kappa shape index (κ1) is 19.5. The third-order valence-electron chi connectivity index (χ3n) is 5.36. The van der Waals surface area contributed by atoms with E-state index >= 15 is 0 Å². The molecular weight excluding hydrogens is 376 g/mol. The number of benzene rings is 3. The molecule has 0 atom stereocenters. The van der Waals surface area contributed by atoms with Crippen LogP contribution in [0.1, 0.15) is 27.8 Å². The van der Waals surface area contributed by atoms with Gasteiger partial charge in [0.15, 0.2) is 5.16 Å². The van der Waals surface area contributed by atoms with Crippen molar-refractivity contribution >= 4 is 22.7 Å². The molecule has 0 aliphatic carbocycles. The highest BCUT2D eigenvalue weighted by Crippen LogP contribution is 2.27. The summed E-state index contributed by atoms with van der Waals surface area (Å²) in [6, 6.07) is 20.2. The Morgan fingerprint density at radius 2 is 1.62 bits per heavy atom. The van der Waals surface area contributed by atoms with Gasteiger partial charge in [0.2, 0.25) is 0 Å². The van der Waals surface area contributed by atoms with Gasteiger partial charge in [-0.1, -0.05) is 53.7 Å². The van der Waals surface area contributed by atoms with Crippen LogP contribution in [0.25, 0.3) is 16.6 Å². The lowest BCUT2D eigenvalue weighted by molar-refractivity contribution is 0.818. The Morgan fingerprint density at radius 3 is 2.41 bits per heavy atom. The van der Waals surface area contributed by atoms with Crippen molar-refractivity contribution in [2.24, 2.45) is 0 Å². The summed E-state index contributed by atoms with van der Waals surface area (Å²) in [6.45, 7) is 8.38. The van der Waals surface area contributed by atoms with Crippen LogP contribution in [0.3, 0.4) is 0 Å². The minimum atomic E-state index is -0.0256. The molecule has 0 spiro atoms. The standard InChI is InChI=1S/C25H24N2OS/c1-16-9-10-18(3)20(13-16)15-29-25-26-23-8-6-5-7-22(23)24(28)27(25)21-12-11-17(2)19(4)14-21/h5-14H,15H2,1-4H3. The highest BCUT2D eigenvalue weighted by Gasteiger charge is 2.14. The number of hydrogen-bond acceptors (Lipinski definition) is 3. The van der Waals surface area contributed by atoms with Gasteiger partial charge >= 0.3 is 0 Å². The normalized spacial score (nSPS) is 11.2. The molecule has 0 aliphatic heterocycles. The number of aryl methyl sites for hydroxylation is 4. The van der Waals surface area contributed by atoms with E-state index in [1.807, 2.05) is 30.3 Å². The van der Waals surface area contributed by atoms with Gasteiger partial charge in [0.1, 0.15) is 0 Å². The van der Waals surface area contributed by atoms with Gasteiger partial charge in [0.05, 0.1) is 16.6 Å². The minimum absolute atomic E-state index is 0.0256. The first-order chi connectivity index (χ1) is 13.9. The predicted octanol–water partition coefficient (Wildman–Crippen LogP) is 5.91. The molecular formula is C25H24N2OS. The van der Waals surface area contributed by atoms with E-state index in [0.717, 1.165) is 27.7 Å². The Hall–Kier alpha value is -2.85. The highest BCUT2D eigenvalue weighted by atomic mass is 32.2. The topological polar surface area (TPSA) is 34.9 Å². The molecule has 3 aromatic carbocycles. The van der Waals surface area contributed by atoms with Crippen molar-refractivity contribution in [1.29, 1.82) is 0 Å². The average molecular weight is 401 g/mol. The fourth-order valence-electron chi connectivity index (χ4n) is 3.40. The van der Waals surface area contributed by atoms with E-state index in [4.69, 9.17) is 4.98 Å². The molecule has 0 bridgehead atoms. The van der Waals surface area contributed by atoms with Crippen molar-refractivity contribution in [3.63, 3.8) is 0 Å². The number of fused-ring (bicyclic) bond motifs is 1. The van der Waals surface area contributed by atoms with Gasteiger partial charge < -0.3 is 0 Å². The summed E-state index contributed by atoms with van der Waals surface area (Å²) in [4.78, 5) is 18.2. The molecule has 4 heteroatoms. The van der Waals surface area contributed by atoms with Crippen molar-refractivity contribution in [3.05, 3.63) is 98.8 Å². The summed E-state index contributed by atoms with van der Waals surface area (Å²) >= 11 is 1.61. The summed E-state index contributed by atoms with van der Waals surface area (Å²) in [5.41, 5.74) is 7.70. The second-order valence-electron chi connectivity index (χ2n) is 7.54. The highest BCUT2D eigenvalue weighted by molar-refractivity contribution is 7.98. The summed E-state index contributed by atoms with van der Waals surface area (Å²) in [7, 11) is 0. The lowest BCUT2D eigenvalue weighted by Crippen LogP contribution is -2.22. The molecule has 146 valence electrons. The molecule has 0 fully saturated rings. The van der Waals surface area contributed by atoms with Gasteiger partial charge in [-0.2, -0.15) is 0 Å². The number of para-hydroxylation sites is 1. The molecule has 0 aliphatic rings. The predicted molar refractivity (Wildman–Crippen MR) is 122 cm³/mol. The zero-order valence-corrected chi connectivity index (χ0v) is 18.0. The van der Waals surface area contributed by atoms with Crippen LogP contribution in [0.2, 0.25) is 0 Å². The molecule has 0 radical (unpaired) electrons. The number of rotatable bonds is 4. The number of thioether (sulfide) groups is 1. The second-order valence-corrected chi connectivity index (χ2v) is 8.48.